The highest BCUT2D eigenvalue weighted by molar-refractivity contribution is 8.08. The minimum atomic E-state index is -4.12. The quantitative estimate of drug-likeness (QED) is 0.0286. The molecule has 40 nitrogen and oxygen atoms in total. The van der Waals surface area contributed by atoms with Gasteiger partial charge < -0.3 is 177 Å². The van der Waals surface area contributed by atoms with E-state index in [0.717, 1.165) is 51.4 Å². The summed E-state index contributed by atoms with van der Waals surface area (Å²) in [4.78, 5) is 93.5. The van der Waals surface area contributed by atoms with Crippen LogP contribution in [0.3, 0.4) is 0 Å². The van der Waals surface area contributed by atoms with Crippen LogP contribution in [0.4, 0.5) is 0 Å². The number of carbonyl (C=O) groups is 3. The summed E-state index contributed by atoms with van der Waals surface area (Å²) < 4.78 is 132. The van der Waals surface area contributed by atoms with E-state index in [-0.39, 0.29) is 147 Å². The van der Waals surface area contributed by atoms with Crippen LogP contribution in [0.25, 0.3) is 0 Å². The zero-order chi connectivity index (χ0) is 91.1. The van der Waals surface area contributed by atoms with Crippen molar-refractivity contribution in [2.45, 2.75) is 305 Å². The van der Waals surface area contributed by atoms with Gasteiger partial charge in [-0.1, -0.05) is 85.5 Å². The molecule has 14 unspecified atom stereocenters. The molecule has 6 fully saturated rings. The summed E-state index contributed by atoms with van der Waals surface area (Å²) in [5, 5.41) is 90.0. The van der Waals surface area contributed by atoms with E-state index in [1.807, 2.05) is 0 Å². The molecule has 14 N–H and O–H groups in total. The maximum Gasteiger partial charge on any atom is 0.324 e. The van der Waals surface area contributed by atoms with Crippen molar-refractivity contribution in [1.29, 1.82) is 0 Å². The van der Waals surface area contributed by atoms with Gasteiger partial charge in [0.05, 0.1) is 97.1 Å². The van der Waals surface area contributed by atoms with Crippen LogP contribution in [0.15, 0.2) is 0 Å². The van der Waals surface area contributed by atoms with Gasteiger partial charge in [0.25, 0.3) is 0 Å². The highest BCUT2D eigenvalue weighted by Gasteiger charge is 2.48. The van der Waals surface area contributed by atoms with Crippen LogP contribution in [0.1, 0.15) is 182 Å². The van der Waals surface area contributed by atoms with Gasteiger partial charge in [0.1, 0.15) is 80.9 Å². The van der Waals surface area contributed by atoms with E-state index in [2.05, 4.69) is 0 Å². The van der Waals surface area contributed by atoms with Crippen molar-refractivity contribution >= 4 is 110 Å². The minimum Gasteiger partial charge on any atom is -0.394 e. The first-order chi connectivity index (χ1) is 58.9. The topological polar surface area (TPSA) is 547 Å². The molecule has 29 atom stereocenters. The number of hydrogen-bond donors (Lipinski definition) is 14. The number of methoxy groups -OCH3 is 1. The lowest BCUT2D eigenvalue weighted by Gasteiger charge is -2.41. The van der Waals surface area contributed by atoms with Gasteiger partial charge in [-0.05, 0) is 117 Å². The predicted octanol–water partition coefficient (Wildman–Crippen LogP) is 4.83. The Bertz CT molecular complexity index is 3270. The number of unbranched alkanes of at least 4 members (excludes halogenated alkanes) is 12. The van der Waals surface area contributed by atoms with Gasteiger partial charge in [-0.3, -0.25) is 14.4 Å². The summed E-state index contributed by atoms with van der Waals surface area (Å²) in [5.41, 5.74) is 0. The molecule has 6 aliphatic rings. The third kappa shape index (κ3) is 42.6. The van der Waals surface area contributed by atoms with Crippen LogP contribution >= 0.6 is 33.6 Å². The van der Waals surface area contributed by atoms with Gasteiger partial charge >= 0.3 is 33.6 Å². The van der Waals surface area contributed by atoms with E-state index in [1.54, 1.807) is 27.7 Å². The molecule has 6 rings (SSSR count). The Morgan fingerprint density at radius 2 is 0.589 bits per heavy atom. The summed E-state index contributed by atoms with van der Waals surface area (Å²) in [5.74, 6) is -2.32. The van der Waals surface area contributed by atoms with Crippen molar-refractivity contribution in [2.24, 2.45) is 23.7 Å². The molecule has 0 bridgehead atoms. The first-order valence-corrected chi connectivity index (χ1v) is 55.6. The summed E-state index contributed by atoms with van der Waals surface area (Å²) in [6.45, 7) is -16.2. The monoisotopic (exact) mass is 1980 g/mol. The summed E-state index contributed by atoms with van der Waals surface area (Å²) in [6, 6.07) is 0. The molecule has 0 spiro atoms. The normalized spacial score (nSPS) is 33.0. The van der Waals surface area contributed by atoms with Crippen LogP contribution in [0.2, 0.25) is 0 Å². The van der Waals surface area contributed by atoms with Crippen LogP contribution < -0.4 is 0 Å². The Morgan fingerprint density at radius 3 is 0.919 bits per heavy atom. The van der Waals surface area contributed by atoms with E-state index in [0.29, 0.717) is 77.6 Å². The number of Topliss-reactive ketones (excluding diaryl/α,β-unsaturated/α-hetero) is 3. The highest BCUT2D eigenvalue weighted by atomic mass is 32.5. The number of aliphatic hydroxyl groups excluding tert-OH is 9. The number of ketones is 3. The van der Waals surface area contributed by atoms with Gasteiger partial charge in [-0.2, -0.15) is 0 Å². The zero-order valence-electron chi connectivity index (χ0n) is 71.2. The van der Waals surface area contributed by atoms with Crippen LogP contribution in [0.5, 0.6) is 0 Å². The van der Waals surface area contributed by atoms with Crippen LogP contribution in [0, 0.1) is 23.7 Å². The number of hydrogen-bond acceptors (Lipinski definition) is 40. The van der Waals surface area contributed by atoms with Crippen LogP contribution in [-0.4, -0.2) is 337 Å². The standard InChI is InChI=1S/C74H137O40P5S5/c1-48-58(39-75)109-72(49(2)67(48)82)96-43-52(79)24-15-10-7-13-19-29-94-65-37-56(113-118(90,123)101-31-21-27-92-5)62(107-65)46-104-116(88,121)100-33-23-35-103-119(91,124)114-57-38-66(95-30-20-14-8-11-17-26-54(81)45-98-74-51(4)69(84)71(86)61(42-78)111-74)108-63(57)47-105-115(87,120)99-32-22-34-102-117(89,122)112-55-36-64(106-59(55)40-76)93-28-18-12-6-9-16-25-53(80)44-97-73-50(3)68(83)70(85)60(41-77)110-73/h48-51,55-78,82-86H,6-47H2,1-5H3,(H,87,120)(H,88,121)(H,89,122)(H,90,123)(H,91,124)/t48-,49?,50?,51?,55?,56+,57+,58?,59+,60?,61?,62?,63?,64-,65-,66-,67-,68+,69+,70-,71-,72+,73+,74+,115?,116?,117?,118?,119?/m0/s1. The maximum absolute atomic E-state index is 12.7. The van der Waals surface area contributed by atoms with Crippen molar-refractivity contribution in [3.8, 4) is 0 Å². The number of carbonyl (C=O) groups excluding carboxylic acids is 3. The Labute approximate surface area is 751 Å². The second-order valence-corrected chi connectivity index (χ2v) is 45.6. The van der Waals surface area contributed by atoms with Crippen molar-refractivity contribution in [1.82, 2.24) is 0 Å². The molecule has 124 heavy (non-hydrogen) atoms. The molecule has 6 saturated heterocycles. The van der Waals surface area contributed by atoms with Crippen molar-refractivity contribution in [2.75, 3.05) is 126 Å². The average Bonchev–Trinajstić information content (AvgIpc) is 1.43. The molecule has 6 heterocycles. The van der Waals surface area contributed by atoms with Crippen molar-refractivity contribution in [3.05, 3.63) is 0 Å². The van der Waals surface area contributed by atoms with Gasteiger partial charge in [0.2, 0.25) is 0 Å². The third-order valence-corrected chi connectivity index (χ3v) is 29.6. The first kappa shape index (κ1) is 114. The van der Waals surface area contributed by atoms with E-state index in [9.17, 15) is 84.8 Å². The number of ether oxygens (including phenoxy) is 13. The fourth-order valence-corrected chi connectivity index (χ4v) is 21.1. The molecule has 0 aromatic carbocycles. The van der Waals surface area contributed by atoms with Gasteiger partial charge in [0, 0.05) is 95.7 Å². The number of rotatable bonds is 69. The molecule has 0 aromatic heterocycles. The molecule has 6 aliphatic heterocycles. The Hall–Kier alpha value is 0.780. The SMILES string of the molecule is COCCCOP(O)(=S)O[C@@H]1C[C@@H](OCCCCCCCC(=O)CO[C@@H]2OC(CO)[C@H](C)[C@H](O)C2C)OC1COP(O)(=S)OCCCOP(O)(=S)O[C@@H]1C[C@@H](OCCCCCCCC(=O)CO[C@@H]2OC(CO)[C@H](O)[C@H](O)C2C)OC1COP(O)(=S)OCCCOP(O)(=S)OC1C[C@@H](OCCCCCCCC(=O)CO[C@@H]2OC(CO)[C@H](O)[C@H](O)C2C)O[C@@H]1CO. The fourth-order valence-electron chi connectivity index (χ4n) is 14.1. The maximum atomic E-state index is 12.7. The third-order valence-electron chi connectivity index (χ3n) is 21.5. The summed E-state index contributed by atoms with van der Waals surface area (Å²) in [6.07, 6.45) is -7.17. The van der Waals surface area contributed by atoms with Crippen molar-refractivity contribution < 1.29 is 192 Å². The predicted molar refractivity (Wildman–Crippen MR) is 459 cm³/mol. The van der Waals surface area contributed by atoms with Gasteiger partial charge in [0.15, 0.2) is 55.1 Å². The van der Waals surface area contributed by atoms with E-state index in [4.69, 9.17) is 166 Å². The zero-order valence-corrected chi connectivity index (χ0v) is 79.8. The highest BCUT2D eigenvalue weighted by Crippen LogP contribution is 2.53. The smallest absolute Gasteiger partial charge is 0.324 e. The molecule has 0 amide bonds. The lowest BCUT2D eigenvalue weighted by molar-refractivity contribution is -0.280. The molecular weight excluding hydrogens is 1840 g/mol. The molecule has 0 saturated carbocycles. The van der Waals surface area contributed by atoms with Gasteiger partial charge in [-0.25, -0.2) is 0 Å². The lowest BCUT2D eigenvalue weighted by Crippen LogP contribution is -2.55. The lowest BCUT2D eigenvalue weighted by atomic mass is 9.86. The van der Waals surface area contributed by atoms with E-state index >= 15 is 0 Å². The van der Waals surface area contributed by atoms with Crippen LogP contribution in [-0.2, 0) is 180 Å². The second kappa shape index (κ2) is 59.7. The molecule has 728 valence electrons. The van der Waals surface area contributed by atoms with Crippen molar-refractivity contribution in [3.63, 3.8) is 0 Å². The Balaban J connectivity index is 0.902. The van der Waals surface area contributed by atoms with Gasteiger partial charge in [-0.15, -0.1) is 0 Å². The molecule has 50 heteroatoms. The summed E-state index contributed by atoms with van der Waals surface area (Å²) >= 11 is 26.7. The average molecular weight is 1980 g/mol. The second-order valence-electron chi connectivity index (χ2n) is 31.6. The summed E-state index contributed by atoms with van der Waals surface area (Å²) in [7, 11) is 1.52. The Morgan fingerprint density at radius 1 is 0.306 bits per heavy atom. The molecule has 0 aromatic rings. The molecule has 0 aliphatic carbocycles. The fraction of sp³-hybridized carbons (Fsp3) is 0.959. The Kier molecular flexibility index (Phi) is 54.7. The number of aliphatic hydroxyl groups is 9. The van der Waals surface area contributed by atoms with E-state index in [1.165, 1.54) is 7.11 Å². The molecule has 0 radical (unpaired) electrons. The minimum absolute atomic E-state index is 0.00365. The largest absolute Gasteiger partial charge is 0.394 e. The first-order valence-electron chi connectivity index (χ1n) is 42.6. The molecular formula is C74H137O40P5S5. The van der Waals surface area contributed by atoms with E-state index < -0.39 is 195 Å².